The second-order valence-corrected chi connectivity index (χ2v) is 4.09. The minimum Gasteiger partial charge on any atom is -0.395 e. The summed E-state index contributed by atoms with van der Waals surface area (Å²) in [5.74, 6) is 0. The lowest BCUT2D eigenvalue weighted by Gasteiger charge is -2.28. The van der Waals surface area contributed by atoms with Gasteiger partial charge in [0.25, 0.3) is 0 Å². The average molecular weight is 193 g/mol. The molecule has 0 aromatic heterocycles. The first kappa shape index (κ1) is 11.2. The van der Waals surface area contributed by atoms with Crippen molar-refractivity contribution in [3.63, 3.8) is 0 Å². The summed E-state index contributed by atoms with van der Waals surface area (Å²) in [6.07, 6.45) is 0. The summed E-state index contributed by atoms with van der Waals surface area (Å²) < 4.78 is 0. The molecule has 0 heterocycles. The fourth-order valence-electron chi connectivity index (χ4n) is 1.74. The van der Waals surface area contributed by atoms with Crippen molar-refractivity contribution in [2.45, 2.75) is 26.3 Å². The van der Waals surface area contributed by atoms with Crippen LogP contribution in [-0.4, -0.2) is 18.3 Å². The monoisotopic (exact) mass is 193 g/mol. The summed E-state index contributed by atoms with van der Waals surface area (Å²) in [7, 11) is 0. The summed E-state index contributed by atoms with van der Waals surface area (Å²) in [5, 5.41) is 12.1. The molecule has 14 heavy (non-hydrogen) atoms. The van der Waals surface area contributed by atoms with Gasteiger partial charge in [0.2, 0.25) is 0 Å². The van der Waals surface area contributed by atoms with Crippen LogP contribution in [0.1, 0.15) is 25.0 Å². The third kappa shape index (κ3) is 2.56. The highest BCUT2D eigenvalue weighted by atomic mass is 16.3. The zero-order valence-electron chi connectivity index (χ0n) is 9.17. The van der Waals surface area contributed by atoms with Gasteiger partial charge in [-0.2, -0.15) is 0 Å². The molecule has 0 aliphatic carbocycles. The standard InChI is InChI=1S/C12H19NO/c1-10-6-4-5-7-11(10)12(2,3)13-8-9-14/h4-7,13-14H,8-9H2,1-3H3. The Bertz CT molecular complexity index is 294. The van der Waals surface area contributed by atoms with Crippen molar-refractivity contribution in [2.24, 2.45) is 0 Å². The van der Waals surface area contributed by atoms with Crippen LogP contribution in [0.15, 0.2) is 24.3 Å². The first-order valence-corrected chi connectivity index (χ1v) is 5.00. The average Bonchev–Trinajstić information content (AvgIpc) is 2.15. The highest BCUT2D eigenvalue weighted by Gasteiger charge is 2.20. The van der Waals surface area contributed by atoms with E-state index in [0.717, 1.165) is 0 Å². The summed E-state index contributed by atoms with van der Waals surface area (Å²) in [6.45, 7) is 7.17. The van der Waals surface area contributed by atoms with Gasteiger partial charge in [-0.25, -0.2) is 0 Å². The smallest absolute Gasteiger partial charge is 0.0556 e. The van der Waals surface area contributed by atoms with Gasteiger partial charge in [-0.1, -0.05) is 24.3 Å². The lowest BCUT2D eigenvalue weighted by atomic mass is 9.90. The lowest BCUT2D eigenvalue weighted by Crippen LogP contribution is -2.38. The molecule has 0 unspecified atom stereocenters. The zero-order valence-corrected chi connectivity index (χ0v) is 9.17. The van der Waals surface area contributed by atoms with E-state index in [4.69, 9.17) is 5.11 Å². The van der Waals surface area contributed by atoms with Crippen molar-refractivity contribution in [3.8, 4) is 0 Å². The van der Waals surface area contributed by atoms with Crippen LogP contribution in [0.2, 0.25) is 0 Å². The van der Waals surface area contributed by atoms with Crippen LogP contribution in [0.25, 0.3) is 0 Å². The quantitative estimate of drug-likeness (QED) is 0.764. The molecule has 0 radical (unpaired) electrons. The Hall–Kier alpha value is -0.860. The molecule has 0 spiro atoms. The third-order valence-electron chi connectivity index (χ3n) is 2.50. The van der Waals surface area contributed by atoms with E-state index in [-0.39, 0.29) is 12.1 Å². The molecule has 0 amide bonds. The Morgan fingerprint density at radius 1 is 1.29 bits per heavy atom. The van der Waals surface area contributed by atoms with Crippen molar-refractivity contribution in [1.82, 2.24) is 5.32 Å². The molecule has 0 aliphatic heterocycles. The number of aliphatic hydroxyl groups is 1. The Morgan fingerprint density at radius 2 is 1.93 bits per heavy atom. The van der Waals surface area contributed by atoms with Gasteiger partial charge < -0.3 is 10.4 Å². The zero-order chi connectivity index (χ0) is 10.6. The van der Waals surface area contributed by atoms with Crippen LogP contribution in [0.5, 0.6) is 0 Å². The maximum absolute atomic E-state index is 8.78. The highest BCUT2D eigenvalue weighted by Crippen LogP contribution is 2.22. The van der Waals surface area contributed by atoms with Crippen molar-refractivity contribution >= 4 is 0 Å². The second kappa shape index (κ2) is 4.58. The predicted octanol–water partition coefficient (Wildman–Crippen LogP) is 1.81. The van der Waals surface area contributed by atoms with Gasteiger partial charge in [-0.15, -0.1) is 0 Å². The second-order valence-electron chi connectivity index (χ2n) is 4.09. The molecule has 0 saturated heterocycles. The van der Waals surface area contributed by atoms with Crippen LogP contribution < -0.4 is 5.32 Å². The predicted molar refractivity (Wildman–Crippen MR) is 59.3 cm³/mol. The van der Waals surface area contributed by atoms with Crippen molar-refractivity contribution in [1.29, 1.82) is 0 Å². The van der Waals surface area contributed by atoms with Gasteiger partial charge in [0.1, 0.15) is 0 Å². The molecule has 2 N–H and O–H groups in total. The molecular formula is C12H19NO. The number of benzene rings is 1. The van der Waals surface area contributed by atoms with E-state index in [1.165, 1.54) is 11.1 Å². The van der Waals surface area contributed by atoms with Crippen molar-refractivity contribution in [3.05, 3.63) is 35.4 Å². The number of aliphatic hydroxyl groups excluding tert-OH is 1. The molecule has 2 nitrogen and oxygen atoms in total. The molecule has 0 aliphatic rings. The van der Waals surface area contributed by atoms with Gasteiger partial charge in [0.15, 0.2) is 0 Å². The summed E-state index contributed by atoms with van der Waals surface area (Å²) in [6, 6.07) is 8.32. The van der Waals surface area contributed by atoms with Crippen molar-refractivity contribution in [2.75, 3.05) is 13.2 Å². The van der Waals surface area contributed by atoms with Crippen molar-refractivity contribution < 1.29 is 5.11 Å². The Kier molecular flexibility index (Phi) is 3.67. The molecule has 0 bridgehead atoms. The lowest BCUT2D eigenvalue weighted by molar-refractivity contribution is 0.267. The maximum Gasteiger partial charge on any atom is 0.0556 e. The Labute approximate surface area is 86.0 Å². The number of nitrogens with one attached hydrogen (secondary N) is 1. The van der Waals surface area contributed by atoms with E-state index >= 15 is 0 Å². The van der Waals surface area contributed by atoms with Gasteiger partial charge in [0, 0.05) is 12.1 Å². The Balaban J connectivity index is 2.86. The summed E-state index contributed by atoms with van der Waals surface area (Å²) in [4.78, 5) is 0. The van der Waals surface area contributed by atoms with E-state index in [1.807, 2.05) is 12.1 Å². The van der Waals surface area contributed by atoms with E-state index in [9.17, 15) is 0 Å². The number of hydrogen-bond acceptors (Lipinski definition) is 2. The molecule has 1 aromatic carbocycles. The van der Waals surface area contributed by atoms with Crippen LogP contribution in [0.4, 0.5) is 0 Å². The molecule has 78 valence electrons. The number of aryl methyl sites for hydroxylation is 1. The summed E-state index contributed by atoms with van der Waals surface area (Å²) >= 11 is 0. The normalized spacial score (nSPS) is 11.7. The SMILES string of the molecule is Cc1ccccc1C(C)(C)NCCO. The first-order chi connectivity index (χ1) is 6.58. The molecule has 0 fully saturated rings. The van der Waals surface area contributed by atoms with Gasteiger partial charge in [-0.05, 0) is 31.9 Å². The molecule has 0 saturated carbocycles. The minimum absolute atomic E-state index is 0.0753. The van der Waals surface area contributed by atoms with Gasteiger partial charge in [-0.3, -0.25) is 0 Å². The maximum atomic E-state index is 8.78. The summed E-state index contributed by atoms with van der Waals surface area (Å²) in [5.41, 5.74) is 2.49. The first-order valence-electron chi connectivity index (χ1n) is 5.00. The highest BCUT2D eigenvalue weighted by molar-refractivity contribution is 5.31. The molecule has 2 heteroatoms. The van der Waals surface area contributed by atoms with E-state index < -0.39 is 0 Å². The minimum atomic E-state index is -0.0753. The van der Waals surface area contributed by atoms with E-state index in [0.29, 0.717) is 6.54 Å². The topological polar surface area (TPSA) is 32.3 Å². The van der Waals surface area contributed by atoms with Crippen LogP contribution >= 0.6 is 0 Å². The fraction of sp³-hybridized carbons (Fsp3) is 0.500. The van der Waals surface area contributed by atoms with E-state index in [2.05, 4.69) is 38.2 Å². The van der Waals surface area contributed by atoms with E-state index in [1.54, 1.807) is 0 Å². The van der Waals surface area contributed by atoms with Gasteiger partial charge in [0.05, 0.1) is 6.61 Å². The molecular weight excluding hydrogens is 174 g/mol. The van der Waals surface area contributed by atoms with Gasteiger partial charge >= 0.3 is 0 Å². The molecule has 0 atom stereocenters. The van der Waals surface area contributed by atoms with Crippen LogP contribution in [-0.2, 0) is 5.54 Å². The number of hydrogen-bond donors (Lipinski definition) is 2. The Morgan fingerprint density at radius 3 is 2.50 bits per heavy atom. The largest absolute Gasteiger partial charge is 0.395 e. The molecule has 1 rings (SSSR count). The third-order valence-corrected chi connectivity index (χ3v) is 2.50. The van der Waals surface area contributed by atoms with Crippen LogP contribution in [0, 0.1) is 6.92 Å². The molecule has 1 aromatic rings. The number of rotatable bonds is 4. The fourth-order valence-corrected chi connectivity index (χ4v) is 1.74. The van der Waals surface area contributed by atoms with Crippen LogP contribution in [0.3, 0.4) is 0 Å².